The van der Waals surface area contributed by atoms with E-state index in [0.717, 1.165) is 67.9 Å². The number of nitrogens with zero attached hydrogens (tertiary/aromatic N) is 4. The monoisotopic (exact) mass is 638 g/mol. The van der Waals surface area contributed by atoms with Gasteiger partial charge in [0.15, 0.2) is 17.5 Å². The lowest BCUT2D eigenvalue weighted by Crippen LogP contribution is -2.03. The van der Waals surface area contributed by atoms with Crippen molar-refractivity contribution in [2.45, 2.75) is 34.1 Å². The Labute approximate surface area is 291 Å². The maximum Gasteiger partial charge on any atom is 0.164 e. The van der Waals surface area contributed by atoms with E-state index in [9.17, 15) is 0 Å². The summed E-state index contributed by atoms with van der Waals surface area (Å²) in [6.45, 7) is 16.5. The third-order valence-electron chi connectivity index (χ3n) is 7.89. The first kappa shape index (κ1) is 34.3. The minimum absolute atomic E-state index is 0.567. The molecule has 4 aromatic rings. The van der Waals surface area contributed by atoms with Crippen molar-refractivity contribution in [3.63, 3.8) is 0 Å². The molecule has 0 saturated carbocycles. The minimum Gasteiger partial charge on any atom is -0.258 e. The van der Waals surface area contributed by atoms with E-state index in [1.807, 2.05) is 87.6 Å². The first-order valence-corrected chi connectivity index (χ1v) is 16.5. The molecule has 2 aromatic carbocycles. The number of rotatable bonds is 9. The van der Waals surface area contributed by atoms with Crippen molar-refractivity contribution in [1.29, 1.82) is 0 Å². The topological polar surface area (TPSA) is 51.6 Å². The molecule has 0 N–H and O–H groups in total. The molecule has 0 spiro atoms. The molecule has 4 nitrogen and oxygen atoms in total. The molecule has 49 heavy (non-hydrogen) atoms. The molecule has 1 aliphatic carbocycles. The van der Waals surface area contributed by atoms with Gasteiger partial charge in [-0.15, -0.1) is 0 Å². The second-order valence-corrected chi connectivity index (χ2v) is 11.6. The summed E-state index contributed by atoms with van der Waals surface area (Å²) in [7, 11) is 0. The molecule has 0 bridgehead atoms. The summed E-state index contributed by atoms with van der Waals surface area (Å²) in [5.74, 6) is 1.73. The molecule has 5 rings (SSSR count). The van der Waals surface area contributed by atoms with Crippen LogP contribution in [0.1, 0.15) is 43.0 Å². The Morgan fingerprint density at radius 2 is 1.53 bits per heavy atom. The van der Waals surface area contributed by atoms with Gasteiger partial charge in [-0.2, -0.15) is 0 Å². The zero-order valence-corrected chi connectivity index (χ0v) is 28.8. The second-order valence-electron chi connectivity index (χ2n) is 11.6. The number of hydrogen-bond acceptors (Lipinski definition) is 4. The highest BCUT2D eigenvalue weighted by molar-refractivity contribution is 5.88. The van der Waals surface area contributed by atoms with Crippen LogP contribution in [0.2, 0.25) is 0 Å². The highest BCUT2D eigenvalue weighted by atomic mass is 15.0. The summed E-state index contributed by atoms with van der Waals surface area (Å²) in [4.78, 5) is 19.9. The predicted octanol–water partition coefficient (Wildman–Crippen LogP) is 11.5. The third-order valence-corrected chi connectivity index (χ3v) is 7.89. The van der Waals surface area contributed by atoms with Crippen LogP contribution in [-0.2, 0) is 0 Å². The van der Waals surface area contributed by atoms with E-state index in [-0.39, 0.29) is 0 Å². The number of allylic oxidation sites excluding steroid dienone is 18. The molecule has 2 aromatic heterocycles. The summed E-state index contributed by atoms with van der Waals surface area (Å²) >= 11 is 0. The molecule has 2 heterocycles. The standard InChI is InChI=1S/C45H42N4/c1-7-10-14-22-35-23-16-12-11-15-21-32(4)42(28-35)39-29-38(41-27-26-33(5)46-34(41)6)30-40(31-39)45-48-43(36(19-8-2)20-9-3)47-44(49-45)37-24-17-13-18-25-37/h7-15,17-31H,2,4,16H2,1,3,5-6H3/b10-7-,12-11-,20-9-,21-15-,22-14-,35-23-,36-19+,42-28+. The molecule has 0 aliphatic heterocycles. The van der Waals surface area contributed by atoms with E-state index in [4.69, 9.17) is 19.9 Å². The lowest BCUT2D eigenvalue weighted by Gasteiger charge is -2.16. The smallest absolute Gasteiger partial charge is 0.164 e. The van der Waals surface area contributed by atoms with Gasteiger partial charge in [0, 0.05) is 33.7 Å². The average molecular weight is 639 g/mol. The minimum atomic E-state index is 0.567. The summed E-state index contributed by atoms with van der Waals surface area (Å²) in [5.41, 5.74) is 10.6. The zero-order valence-electron chi connectivity index (χ0n) is 28.8. The van der Waals surface area contributed by atoms with E-state index < -0.39 is 0 Å². The van der Waals surface area contributed by atoms with Crippen LogP contribution in [-0.4, -0.2) is 19.9 Å². The van der Waals surface area contributed by atoms with Crippen molar-refractivity contribution < 1.29 is 0 Å². The molecule has 0 radical (unpaired) electrons. The molecule has 0 saturated heterocycles. The molecule has 242 valence electrons. The molecule has 0 unspecified atom stereocenters. The van der Waals surface area contributed by atoms with Gasteiger partial charge >= 0.3 is 0 Å². The molecular formula is C45H42N4. The van der Waals surface area contributed by atoms with Gasteiger partial charge in [-0.3, -0.25) is 4.98 Å². The number of aromatic nitrogens is 4. The van der Waals surface area contributed by atoms with Crippen LogP contribution in [0.3, 0.4) is 0 Å². The highest BCUT2D eigenvalue weighted by Crippen LogP contribution is 2.35. The Morgan fingerprint density at radius 3 is 2.27 bits per heavy atom. The van der Waals surface area contributed by atoms with Gasteiger partial charge in [-0.1, -0.05) is 129 Å². The first-order valence-electron chi connectivity index (χ1n) is 16.5. The SMILES string of the molecule is C=C/C=C(\C=C/C)c1nc(-c2ccccc2)nc(-c2cc(/C3=C/C(/C=C\C=C/C)=C\C/C=C\C=C/C3=C)cc(-c3ccc(C)nc3C)c2)n1. The Hall–Kier alpha value is -6.00. The van der Waals surface area contributed by atoms with Gasteiger partial charge in [-0.05, 0) is 92.3 Å². The lowest BCUT2D eigenvalue weighted by molar-refractivity contribution is 1.04. The van der Waals surface area contributed by atoms with Crippen molar-refractivity contribution in [2.75, 3.05) is 0 Å². The predicted molar refractivity (Wildman–Crippen MR) is 208 cm³/mol. The van der Waals surface area contributed by atoms with Crippen LogP contribution >= 0.6 is 0 Å². The Morgan fingerprint density at radius 1 is 0.776 bits per heavy atom. The molecule has 0 amide bonds. The van der Waals surface area contributed by atoms with Crippen LogP contribution < -0.4 is 0 Å². The number of benzene rings is 2. The van der Waals surface area contributed by atoms with E-state index in [0.29, 0.717) is 17.5 Å². The molecule has 1 aliphatic rings. The highest BCUT2D eigenvalue weighted by Gasteiger charge is 2.17. The number of pyridine rings is 1. The lowest BCUT2D eigenvalue weighted by atomic mass is 9.90. The summed E-state index contributed by atoms with van der Waals surface area (Å²) < 4.78 is 0. The van der Waals surface area contributed by atoms with Gasteiger partial charge in [-0.25, -0.2) is 15.0 Å². The summed E-state index contributed by atoms with van der Waals surface area (Å²) in [6.07, 6.45) is 29.5. The van der Waals surface area contributed by atoms with Gasteiger partial charge in [0.25, 0.3) is 0 Å². The third kappa shape index (κ3) is 8.88. The van der Waals surface area contributed by atoms with Gasteiger partial charge in [0.05, 0.1) is 0 Å². The quantitative estimate of drug-likeness (QED) is 0.171. The van der Waals surface area contributed by atoms with Crippen LogP contribution in [0, 0.1) is 13.8 Å². The number of hydrogen-bond donors (Lipinski definition) is 0. The average Bonchev–Trinajstić information content (AvgIpc) is 3.11. The van der Waals surface area contributed by atoms with E-state index in [2.05, 4.69) is 92.9 Å². The van der Waals surface area contributed by atoms with Crippen LogP contribution in [0.4, 0.5) is 0 Å². The fraction of sp³-hybridized carbons (Fsp3) is 0.111. The zero-order chi connectivity index (χ0) is 34.6. The normalized spacial score (nSPS) is 17.6. The van der Waals surface area contributed by atoms with Gasteiger partial charge < -0.3 is 0 Å². The first-order chi connectivity index (χ1) is 23.9. The second kappa shape index (κ2) is 16.7. The van der Waals surface area contributed by atoms with Crippen molar-refractivity contribution in [3.8, 4) is 33.9 Å². The van der Waals surface area contributed by atoms with E-state index >= 15 is 0 Å². The van der Waals surface area contributed by atoms with Crippen LogP contribution in [0.25, 0.3) is 45.0 Å². The van der Waals surface area contributed by atoms with Gasteiger partial charge in [0.2, 0.25) is 0 Å². The fourth-order valence-electron chi connectivity index (χ4n) is 5.52. The Balaban J connectivity index is 1.82. The van der Waals surface area contributed by atoms with Crippen LogP contribution in [0.15, 0.2) is 170 Å². The van der Waals surface area contributed by atoms with Gasteiger partial charge in [0.1, 0.15) is 0 Å². The summed E-state index contributed by atoms with van der Waals surface area (Å²) in [6, 6.07) is 20.7. The van der Waals surface area contributed by atoms with Crippen molar-refractivity contribution in [2.24, 2.45) is 0 Å². The Kier molecular flexibility index (Phi) is 11.7. The maximum atomic E-state index is 5.07. The molecule has 0 atom stereocenters. The van der Waals surface area contributed by atoms with Crippen molar-refractivity contribution in [3.05, 3.63) is 193 Å². The van der Waals surface area contributed by atoms with E-state index in [1.54, 1.807) is 6.08 Å². The number of aryl methyl sites for hydroxylation is 2. The largest absolute Gasteiger partial charge is 0.258 e. The molecular weight excluding hydrogens is 597 g/mol. The fourth-order valence-corrected chi connectivity index (χ4v) is 5.52. The molecule has 4 heteroatoms. The summed E-state index contributed by atoms with van der Waals surface area (Å²) in [5, 5.41) is 0. The maximum absolute atomic E-state index is 5.07. The van der Waals surface area contributed by atoms with Crippen molar-refractivity contribution >= 4 is 11.1 Å². The van der Waals surface area contributed by atoms with E-state index in [1.165, 1.54) is 0 Å². The van der Waals surface area contributed by atoms with Crippen molar-refractivity contribution in [1.82, 2.24) is 19.9 Å². The van der Waals surface area contributed by atoms with Crippen LogP contribution in [0.5, 0.6) is 0 Å². The molecule has 0 fully saturated rings. The Bertz CT molecular complexity index is 2100.